The molecule has 3 aromatic carbocycles. The number of aryl methyl sites for hydroxylation is 1. The standard InChI is InChI=1S/C24H21N3O4/c1-17-6-8-19(9-7-17)16-25-24(29)21-4-2-3-5-22(21)26-23(28)15-12-18-10-13-20(14-11-18)27(30)31/h2-15H,16H2,1H3,(H,25,29)(H,26,28)/b15-12+. The molecule has 0 fully saturated rings. The zero-order chi connectivity index (χ0) is 22.2. The Morgan fingerprint density at radius 1 is 0.968 bits per heavy atom. The van der Waals surface area contributed by atoms with E-state index >= 15 is 0 Å². The fraction of sp³-hybridized carbons (Fsp3) is 0.0833. The van der Waals surface area contributed by atoms with E-state index < -0.39 is 10.8 Å². The molecule has 0 atom stereocenters. The predicted octanol–water partition coefficient (Wildman–Crippen LogP) is 4.49. The summed E-state index contributed by atoms with van der Waals surface area (Å²) in [5.74, 6) is -0.715. The lowest BCUT2D eigenvalue weighted by Gasteiger charge is -2.11. The highest BCUT2D eigenvalue weighted by atomic mass is 16.6. The van der Waals surface area contributed by atoms with Crippen molar-refractivity contribution in [3.05, 3.63) is 111 Å². The SMILES string of the molecule is Cc1ccc(CNC(=O)c2ccccc2NC(=O)/C=C/c2ccc([N+](=O)[O-])cc2)cc1. The number of anilines is 1. The Kier molecular flexibility index (Phi) is 6.90. The fourth-order valence-corrected chi connectivity index (χ4v) is 2.83. The third-order valence-electron chi connectivity index (χ3n) is 4.53. The first kappa shape index (κ1) is 21.4. The van der Waals surface area contributed by atoms with E-state index in [0.29, 0.717) is 23.4 Å². The van der Waals surface area contributed by atoms with E-state index in [0.717, 1.165) is 11.1 Å². The molecule has 7 heteroatoms. The Balaban J connectivity index is 1.63. The number of nitrogens with zero attached hydrogens (tertiary/aromatic N) is 1. The summed E-state index contributed by atoms with van der Waals surface area (Å²) in [5, 5.41) is 16.3. The lowest BCUT2D eigenvalue weighted by molar-refractivity contribution is -0.384. The average molecular weight is 415 g/mol. The molecule has 0 aliphatic heterocycles. The number of carbonyl (C=O) groups is 2. The van der Waals surface area contributed by atoms with Crippen LogP contribution in [0.1, 0.15) is 27.0 Å². The number of amides is 2. The first-order chi connectivity index (χ1) is 14.9. The van der Waals surface area contributed by atoms with Crippen molar-refractivity contribution in [3.8, 4) is 0 Å². The van der Waals surface area contributed by atoms with Gasteiger partial charge in [-0.1, -0.05) is 42.0 Å². The van der Waals surface area contributed by atoms with Crippen molar-refractivity contribution in [2.45, 2.75) is 13.5 Å². The van der Waals surface area contributed by atoms with Crippen molar-refractivity contribution < 1.29 is 14.5 Å². The van der Waals surface area contributed by atoms with Gasteiger partial charge in [-0.25, -0.2) is 0 Å². The van der Waals surface area contributed by atoms with Crippen molar-refractivity contribution in [3.63, 3.8) is 0 Å². The Hall–Kier alpha value is -4.26. The summed E-state index contributed by atoms with van der Waals surface area (Å²) in [6.07, 6.45) is 2.85. The molecule has 0 radical (unpaired) electrons. The maximum absolute atomic E-state index is 12.6. The van der Waals surface area contributed by atoms with Gasteiger partial charge in [-0.15, -0.1) is 0 Å². The van der Waals surface area contributed by atoms with Crippen molar-refractivity contribution in [1.29, 1.82) is 0 Å². The molecule has 2 amide bonds. The van der Waals surface area contributed by atoms with E-state index in [2.05, 4.69) is 10.6 Å². The zero-order valence-electron chi connectivity index (χ0n) is 16.9. The minimum absolute atomic E-state index is 0.0211. The second-order valence-corrected chi connectivity index (χ2v) is 6.89. The minimum Gasteiger partial charge on any atom is -0.348 e. The summed E-state index contributed by atoms with van der Waals surface area (Å²) in [5.41, 5.74) is 3.49. The number of para-hydroxylation sites is 1. The van der Waals surface area contributed by atoms with Crippen LogP contribution in [0.2, 0.25) is 0 Å². The molecule has 3 rings (SSSR count). The normalized spacial score (nSPS) is 10.6. The molecule has 0 heterocycles. The summed E-state index contributed by atoms with van der Waals surface area (Å²) in [7, 11) is 0. The van der Waals surface area contributed by atoms with Gasteiger partial charge in [-0.3, -0.25) is 19.7 Å². The molecule has 156 valence electrons. The van der Waals surface area contributed by atoms with Crippen LogP contribution in [-0.2, 0) is 11.3 Å². The molecule has 0 aromatic heterocycles. The van der Waals surface area contributed by atoms with Crippen LogP contribution < -0.4 is 10.6 Å². The first-order valence-corrected chi connectivity index (χ1v) is 9.58. The third kappa shape index (κ3) is 6.11. The van der Waals surface area contributed by atoms with Crippen molar-refractivity contribution in [2.75, 3.05) is 5.32 Å². The monoisotopic (exact) mass is 415 g/mol. The molecule has 0 aliphatic carbocycles. The molecule has 0 bridgehead atoms. The van der Waals surface area contributed by atoms with Crippen LogP contribution in [0.15, 0.2) is 78.9 Å². The second-order valence-electron chi connectivity index (χ2n) is 6.89. The van der Waals surface area contributed by atoms with E-state index in [4.69, 9.17) is 0 Å². The van der Waals surface area contributed by atoms with Crippen LogP contribution in [0, 0.1) is 17.0 Å². The molecule has 31 heavy (non-hydrogen) atoms. The number of benzene rings is 3. The van der Waals surface area contributed by atoms with Gasteiger partial charge >= 0.3 is 0 Å². The van der Waals surface area contributed by atoms with Crippen LogP contribution in [0.3, 0.4) is 0 Å². The van der Waals surface area contributed by atoms with Crippen LogP contribution in [0.4, 0.5) is 11.4 Å². The fourth-order valence-electron chi connectivity index (χ4n) is 2.83. The van der Waals surface area contributed by atoms with Gasteiger partial charge in [0.05, 0.1) is 16.2 Å². The quantitative estimate of drug-likeness (QED) is 0.337. The molecule has 0 spiro atoms. The summed E-state index contributed by atoms with van der Waals surface area (Å²) < 4.78 is 0. The molecule has 0 unspecified atom stereocenters. The van der Waals surface area contributed by atoms with Gasteiger partial charge in [0.1, 0.15) is 0 Å². The van der Waals surface area contributed by atoms with E-state index in [1.54, 1.807) is 42.5 Å². The van der Waals surface area contributed by atoms with Crippen LogP contribution >= 0.6 is 0 Å². The van der Waals surface area contributed by atoms with Crippen LogP contribution in [0.25, 0.3) is 6.08 Å². The summed E-state index contributed by atoms with van der Waals surface area (Å²) in [6.45, 7) is 2.37. The summed E-state index contributed by atoms with van der Waals surface area (Å²) in [6, 6.07) is 20.4. The maximum Gasteiger partial charge on any atom is 0.269 e. The molecule has 7 nitrogen and oxygen atoms in total. The maximum atomic E-state index is 12.6. The first-order valence-electron chi connectivity index (χ1n) is 9.58. The zero-order valence-corrected chi connectivity index (χ0v) is 16.9. The van der Waals surface area contributed by atoms with Crippen molar-refractivity contribution in [2.24, 2.45) is 0 Å². The largest absolute Gasteiger partial charge is 0.348 e. The molecule has 0 saturated carbocycles. The van der Waals surface area contributed by atoms with Gasteiger partial charge in [-0.05, 0) is 48.4 Å². The van der Waals surface area contributed by atoms with Gasteiger partial charge in [0.25, 0.3) is 11.6 Å². The van der Waals surface area contributed by atoms with Crippen LogP contribution in [-0.4, -0.2) is 16.7 Å². The average Bonchev–Trinajstić information content (AvgIpc) is 2.78. The van der Waals surface area contributed by atoms with E-state index in [-0.39, 0.29) is 11.6 Å². The topological polar surface area (TPSA) is 101 Å². The Morgan fingerprint density at radius 2 is 1.65 bits per heavy atom. The number of carbonyl (C=O) groups excluding carboxylic acids is 2. The number of nitrogens with one attached hydrogen (secondary N) is 2. The van der Waals surface area contributed by atoms with Crippen molar-refractivity contribution >= 4 is 29.3 Å². The lowest BCUT2D eigenvalue weighted by Crippen LogP contribution is -2.24. The smallest absolute Gasteiger partial charge is 0.269 e. The van der Waals surface area contributed by atoms with Gasteiger partial charge in [0.2, 0.25) is 5.91 Å². The molecule has 0 saturated heterocycles. The van der Waals surface area contributed by atoms with Crippen molar-refractivity contribution in [1.82, 2.24) is 5.32 Å². The number of hydrogen-bond acceptors (Lipinski definition) is 4. The number of non-ortho nitro benzene ring substituents is 1. The third-order valence-corrected chi connectivity index (χ3v) is 4.53. The van der Waals surface area contributed by atoms with Gasteiger partial charge in [-0.2, -0.15) is 0 Å². The van der Waals surface area contributed by atoms with Crippen LogP contribution in [0.5, 0.6) is 0 Å². The van der Waals surface area contributed by atoms with E-state index in [1.165, 1.54) is 18.2 Å². The van der Waals surface area contributed by atoms with Gasteiger partial charge < -0.3 is 10.6 Å². The van der Waals surface area contributed by atoms with E-state index in [1.807, 2.05) is 31.2 Å². The van der Waals surface area contributed by atoms with Gasteiger partial charge in [0, 0.05) is 24.8 Å². The second kappa shape index (κ2) is 9.98. The predicted molar refractivity (Wildman–Crippen MR) is 120 cm³/mol. The Labute approximate surface area is 179 Å². The minimum atomic E-state index is -0.485. The number of rotatable bonds is 7. The highest BCUT2D eigenvalue weighted by Crippen LogP contribution is 2.16. The molecular formula is C24H21N3O4. The molecule has 0 aliphatic rings. The molecular weight excluding hydrogens is 394 g/mol. The summed E-state index contributed by atoms with van der Waals surface area (Å²) in [4.78, 5) is 35.1. The number of hydrogen-bond donors (Lipinski definition) is 2. The molecule has 2 N–H and O–H groups in total. The Bertz CT molecular complexity index is 1120. The summed E-state index contributed by atoms with van der Waals surface area (Å²) >= 11 is 0. The Morgan fingerprint density at radius 3 is 2.32 bits per heavy atom. The highest BCUT2D eigenvalue weighted by molar-refractivity contribution is 6.07. The lowest BCUT2D eigenvalue weighted by atomic mass is 10.1. The van der Waals surface area contributed by atoms with E-state index in [9.17, 15) is 19.7 Å². The molecule has 3 aromatic rings. The highest BCUT2D eigenvalue weighted by Gasteiger charge is 2.12. The number of nitro groups is 1. The van der Waals surface area contributed by atoms with Gasteiger partial charge in [0.15, 0.2) is 0 Å². The number of nitro benzene ring substituents is 1.